The second-order valence-corrected chi connectivity index (χ2v) is 7.45. The van der Waals surface area contributed by atoms with Gasteiger partial charge in [-0.2, -0.15) is 5.26 Å². The van der Waals surface area contributed by atoms with Crippen molar-refractivity contribution in [1.82, 2.24) is 0 Å². The summed E-state index contributed by atoms with van der Waals surface area (Å²) in [5.41, 5.74) is 7.95. The van der Waals surface area contributed by atoms with Crippen LogP contribution in [0.25, 0.3) is 0 Å². The average molecular weight is 322 g/mol. The number of nitriles is 1. The van der Waals surface area contributed by atoms with Gasteiger partial charge in [0.1, 0.15) is 11.8 Å². The summed E-state index contributed by atoms with van der Waals surface area (Å²) < 4.78 is 5.71. The molecule has 2 atom stereocenters. The van der Waals surface area contributed by atoms with Gasteiger partial charge in [0.05, 0.1) is 5.57 Å². The Balaban J connectivity index is 2.12. The van der Waals surface area contributed by atoms with E-state index in [1.807, 2.05) is 51.1 Å². The molecule has 4 heteroatoms. The van der Waals surface area contributed by atoms with Crippen LogP contribution in [0.4, 0.5) is 0 Å². The van der Waals surface area contributed by atoms with Crippen LogP contribution in [0.1, 0.15) is 45.1 Å². The molecule has 0 spiro atoms. The van der Waals surface area contributed by atoms with Gasteiger partial charge < -0.3 is 10.5 Å². The maximum atomic E-state index is 12.8. The average Bonchev–Trinajstić information content (AvgIpc) is 2.52. The summed E-state index contributed by atoms with van der Waals surface area (Å²) in [4.78, 5) is 12.8. The van der Waals surface area contributed by atoms with Crippen LogP contribution >= 0.6 is 0 Å². The Morgan fingerprint density at radius 3 is 2.58 bits per heavy atom. The predicted molar refractivity (Wildman–Crippen MR) is 91.3 cm³/mol. The first-order valence-corrected chi connectivity index (χ1v) is 8.23. The fourth-order valence-electron chi connectivity index (χ4n) is 3.77. The lowest BCUT2D eigenvalue weighted by Gasteiger charge is -2.39. The Kier molecular flexibility index (Phi) is 3.96. The summed E-state index contributed by atoms with van der Waals surface area (Å²) >= 11 is 0. The van der Waals surface area contributed by atoms with Gasteiger partial charge >= 0.3 is 0 Å². The number of hydrogen-bond acceptors (Lipinski definition) is 4. The molecule has 1 aliphatic heterocycles. The highest BCUT2D eigenvalue weighted by Crippen LogP contribution is 2.48. The maximum absolute atomic E-state index is 12.8. The number of carbonyl (C=O) groups excluding carboxylic acids is 1. The Bertz CT molecular complexity index is 782. The number of benzene rings is 1. The van der Waals surface area contributed by atoms with Gasteiger partial charge in [0.25, 0.3) is 0 Å². The molecule has 0 amide bonds. The van der Waals surface area contributed by atoms with Crippen LogP contribution in [0, 0.1) is 22.7 Å². The number of allylic oxidation sites excluding steroid dienone is 3. The Morgan fingerprint density at radius 2 is 1.96 bits per heavy atom. The molecule has 124 valence electrons. The van der Waals surface area contributed by atoms with E-state index in [1.54, 1.807) is 0 Å². The SMILES string of the molecule is C[C@@H](c1ccccc1)[C@H]1C(C#N)=C(N)OC2=C1C(=O)CC(C)(C)C2. The van der Waals surface area contributed by atoms with Crippen LogP contribution in [0.3, 0.4) is 0 Å². The lowest BCUT2D eigenvalue weighted by Crippen LogP contribution is -2.36. The van der Waals surface area contributed by atoms with E-state index >= 15 is 0 Å². The summed E-state index contributed by atoms with van der Waals surface area (Å²) in [6.07, 6.45) is 1.12. The molecule has 0 saturated heterocycles. The zero-order chi connectivity index (χ0) is 17.5. The summed E-state index contributed by atoms with van der Waals surface area (Å²) in [5.74, 6) is 0.465. The zero-order valence-electron chi connectivity index (χ0n) is 14.3. The van der Waals surface area contributed by atoms with E-state index in [1.165, 1.54) is 0 Å². The molecule has 1 aliphatic carbocycles. The molecule has 3 rings (SSSR count). The van der Waals surface area contributed by atoms with E-state index in [2.05, 4.69) is 6.07 Å². The molecule has 0 unspecified atom stereocenters. The minimum absolute atomic E-state index is 0.0292. The topological polar surface area (TPSA) is 76.1 Å². The van der Waals surface area contributed by atoms with E-state index in [0.717, 1.165) is 5.56 Å². The lowest BCUT2D eigenvalue weighted by molar-refractivity contribution is -0.119. The molecule has 2 N–H and O–H groups in total. The first-order valence-electron chi connectivity index (χ1n) is 8.23. The number of hydrogen-bond donors (Lipinski definition) is 1. The highest BCUT2D eigenvalue weighted by molar-refractivity contribution is 5.99. The summed E-state index contributed by atoms with van der Waals surface area (Å²) in [7, 11) is 0. The van der Waals surface area contributed by atoms with Crippen LogP contribution in [-0.2, 0) is 9.53 Å². The van der Waals surface area contributed by atoms with Gasteiger partial charge in [-0.05, 0) is 16.9 Å². The monoisotopic (exact) mass is 322 g/mol. The van der Waals surface area contributed by atoms with E-state index in [-0.39, 0.29) is 28.9 Å². The minimum atomic E-state index is -0.343. The van der Waals surface area contributed by atoms with Crippen molar-refractivity contribution in [2.75, 3.05) is 0 Å². The molecule has 1 aromatic rings. The smallest absolute Gasteiger partial charge is 0.204 e. The highest BCUT2D eigenvalue weighted by Gasteiger charge is 2.44. The third-order valence-electron chi connectivity index (χ3n) is 4.95. The third kappa shape index (κ3) is 2.71. The molecule has 1 heterocycles. The lowest BCUT2D eigenvalue weighted by atomic mass is 9.68. The fourth-order valence-corrected chi connectivity index (χ4v) is 3.77. The van der Waals surface area contributed by atoms with Gasteiger partial charge in [-0.15, -0.1) is 0 Å². The van der Waals surface area contributed by atoms with Gasteiger partial charge in [-0.1, -0.05) is 51.1 Å². The van der Waals surface area contributed by atoms with Crippen molar-refractivity contribution in [3.8, 4) is 6.07 Å². The molecule has 0 bridgehead atoms. The van der Waals surface area contributed by atoms with Crippen molar-refractivity contribution < 1.29 is 9.53 Å². The summed E-state index contributed by atoms with van der Waals surface area (Å²) in [5, 5.41) is 9.61. The van der Waals surface area contributed by atoms with Gasteiger partial charge in [0.15, 0.2) is 5.78 Å². The third-order valence-corrected chi connectivity index (χ3v) is 4.95. The Morgan fingerprint density at radius 1 is 1.29 bits per heavy atom. The van der Waals surface area contributed by atoms with Crippen LogP contribution in [-0.4, -0.2) is 5.78 Å². The molecular formula is C20H22N2O2. The molecule has 0 saturated carbocycles. The number of Topliss-reactive ketones (excluding diaryl/α,β-unsaturated/α-hetero) is 1. The quantitative estimate of drug-likeness (QED) is 0.899. The summed E-state index contributed by atoms with van der Waals surface area (Å²) in [6, 6.07) is 12.1. The molecular weight excluding hydrogens is 300 g/mol. The second kappa shape index (κ2) is 5.83. The number of nitrogens with two attached hydrogens (primary N) is 1. The number of nitrogens with zero attached hydrogens (tertiary/aromatic N) is 1. The minimum Gasteiger partial charge on any atom is -0.444 e. The van der Waals surface area contributed by atoms with E-state index < -0.39 is 0 Å². The number of carbonyl (C=O) groups is 1. The number of ketones is 1. The van der Waals surface area contributed by atoms with Crippen LogP contribution in [0.2, 0.25) is 0 Å². The van der Waals surface area contributed by atoms with Gasteiger partial charge in [0.2, 0.25) is 5.88 Å². The zero-order valence-corrected chi connectivity index (χ0v) is 14.3. The first kappa shape index (κ1) is 16.3. The molecule has 4 nitrogen and oxygen atoms in total. The number of ether oxygens (including phenoxy) is 1. The van der Waals surface area contributed by atoms with Crippen molar-refractivity contribution in [2.24, 2.45) is 17.1 Å². The largest absolute Gasteiger partial charge is 0.444 e. The Labute approximate surface area is 142 Å². The highest BCUT2D eigenvalue weighted by atomic mass is 16.5. The molecule has 1 aromatic carbocycles. The molecule has 0 aromatic heterocycles. The van der Waals surface area contributed by atoms with E-state index in [0.29, 0.717) is 29.7 Å². The molecule has 0 radical (unpaired) electrons. The van der Waals surface area contributed by atoms with Crippen LogP contribution in [0.5, 0.6) is 0 Å². The van der Waals surface area contributed by atoms with E-state index in [9.17, 15) is 10.1 Å². The van der Waals surface area contributed by atoms with Crippen molar-refractivity contribution in [2.45, 2.75) is 39.5 Å². The fraction of sp³-hybridized carbons (Fsp3) is 0.400. The molecule has 0 fully saturated rings. The van der Waals surface area contributed by atoms with Gasteiger partial charge in [-0.25, -0.2) is 0 Å². The van der Waals surface area contributed by atoms with Gasteiger partial charge in [0, 0.05) is 24.3 Å². The Hall–Kier alpha value is -2.54. The van der Waals surface area contributed by atoms with Crippen molar-refractivity contribution in [1.29, 1.82) is 5.26 Å². The second-order valence-electron chi connectivity index (χ2n) is 7.45. The maximum Gasteiger partial charge on any atom is 0.204 e. The van der Waals surface area contributed by atoms with Crippen molar-refractivity contribution in [3.63, 3.8) is 0 Å². The normalized spacial score (nSPS) is 24.1. The first-order chi connectivity index (χ1) is 11.3. The molecule has 2 aliphatic rings. The van der Waals surface area contributed by atoms with E-state index in [4.69, 9.17) is 10.5 Å². The molecule has 24 heavy (non-hydrogen) atoms. The summed E-state index contributed by atoms with van der Waals surface area (Å²) in [6.45, 7) is 6.13. The standard InChI is InChI=1S/C20H22N2O2/c1-12(13-7-5-4-6-8-13)17-14(11-21)19(22)24-16-10-20(2,3)9-15(23)18(16)17/h4-8,12,17H,9-10,22H2,1-3H3/t12-,17-/m0/s1. The van der Waals surface area contributed by atoms with Crippen molar-refractivity contribution in [3.05, 3.63) is 58.7 Å². The van der Waals surface area contributed by atoms with Crippen LogP contribution < -0.4 is 5.73 Å². The van der Waals surface area contributed by atoms with Crippen LogP contribution in [0.15, 0.2) is 53.1 Å². The predicted octanol–water partition coefficient (Wildman–Crippen LogP) is 3.77. The number of rotatable bonds is 2. The van der Waals surface area contributed by atoms with Crippen molar-refractivity contribution >= 4 is 5.78 Å². The van der Waals surface area contributed by atoms with Gasteiger partial charge in [-0.3, -0.25) is 4.79 Å².